The Balaban J connectivity index is 2.38. The van der Waals surface area contributed by atoms with Crippen LogP contribution < -0.4 is 5.73 Å². The van der Waals surface area contributed by atoms with Gasteiger partial charge in [0.1, 0.15) is 17.5 Å². The summed E-state index contributed by atoms with van der Waals surface area (Å²) in [5, 5.41) is 0.103. The SMILES string of the molecule is CCc1nc(Cc2cccc(Cl)c2F)nc(N)c1I. The van der Waals surface area contributed by atoms with Crippen molar-refractivity contribution in [2.75, 3.05) is 5.73 Å². The third-order valence-electron chi connectivity index (χ3n) is 2.71. The highest BCUT2D eigenvalue weighted by Crippen LogP contribution is 2.22. The van der Waals surface area contributed by atoms with Crippen LogP contribution >= 0.6 is 34.2 Å². The van der Waals surface area contributed by atoms with Crippen LogP contribution in [0.25, 0.3) is 0 Å². The minimum Gasteiger partial charge on any atom is -0.383 e. The fourth-order valence-electron chi connectivity index (χ4n) is 1.73. The summed E-state index contributed by atoms with van der Waals surface area (Å²) >= 11 is 7.87. The fraction of sp³-hybridized carbons (Fsp3) is 0.231. The molecule has 2 rings (SSSR count). The topological polar surface area (TPSA) is 51.8 Å². The van der Waals surface area contributed by atoms with E-state index in [1.165, 1.54) is 6.07 Å². The second-order valence-electron chi connectivity index (χ2n) is 4.03. The van der Waals surface area contributed by atoms with E-state index in [9.17, 15) is 4.39 Å². The van der Waals surface area contributed by atoms with E-state index in [0.29, 0.717) is 17.2 Å². The summed E-state index contributed by atoms with van der Waals surface area (Å²) < 4.78 is 14.7. The highest BCUT2D eigenvalue weighted by Gasteiger charge is 2.12. The number of aryl methyl sites for hydroxylation is 1. The molecule has 2 N–H and O–H groups in total. The largest absolute Gasteiger partial charge is 0.383 e. The molecule has 1 aromatic carbocycles. The average Bonchev–Trinajstić information content (AvgIpc) is 2.39. The van der Waals surface area contributed by atoms with Gasteiger partial charge in [0.2, 0.25) is 0 Å². The maximum atomic E-state index is 13.8. The van der Waals surface area contributed by atoms with E-state index in [-0.39, 0.29) is 11.4 Å². The zero-order chi connectivity index (χ0) is 14.0. The van der Waals surface area contributed by atoms with Crippen LogP contribution in [0.2, 0.25) is 5.02 Å². The van der Waals surface area contributed by atoms with Crippen molar-refractivity contribution in [2.45, 2.75) is 19.8 Å². The van der Waals surface area contributed by atoms with Gasteiger partial charge in [-0.1, -0.05) is 30.7 Å². The summed E-state index contributed by atoms with van der Waals surface area (Å²) in [7, 11) is 0. The molecular formula is C13H12ClFIN3. The average molecular weight is 392 g/mol. The molecule has 0 aliphatic carbocycles. The van der Waals surface area contributed by atoms with E-state index in [1.807, 2.05) is 6.92 Å². The molecule has 0 saturated heterocycles. The zero-order valence-electron chi connectivity index (χ0n) is 10.3. The number of nitrogen functional groups attached to an aromatic ring is 1. The molecule has 0 bridgehead atoms. The minimum atomic E-state index is -0.428. The molecule has 1 aromatic heterocycles. The molecule has 100 valence electrons. The highest BCUT2D eigenvalue weighted by molar-refractivity contribution is 14.1. The number of nitrogens with zero attached hydrogens (tertiary/aromatic N) is 2. The van der Waals surface area contributed by atoms with Crippen molar-refractivity contribution < 1.29 is 4.39 Å². The summed E-state index contributed by atoms with van der Waals surface area (Å²) in [6, 6.07) is 4.89. The second-order valence-corrected chi connectivity index (χ2v) is 5.51. The lowest BCUT2D eigenvalue weighted by molar-refractivity contribution is 0.612. The van der Waals surface area contributed by atoms with Gasteiger partial charge in [-0.2, -0.15) is 0 Å². The number of halogens is 3. The molecule has 0 fully saturated rings. The molecule has 1 heterocycles. The van der Waals surface area contributed by atoms with Gasteiger partial charge in [-0.15, -0.1) is 0 Å². The zero-order valence-corrected chi connectivity index (χ0v) is 13.2. The van der Waals surface area contributed by atoms with Crippen LogP contribution in [0.15, 0.2) is 18.2 Å². The van der Waals surface area contributed by atoms with Crippen molar-refractivity contribution in [1.29, 1.82) is 0 Å². The molecule has 0 aliphatic heterocycles. The van der Waals surface area contributed by atoms with Crippen molar-refractivity contribution >= 4 is 40.0 Å². The summed E-state index contributed by atoms with van der Waals surface area (Å²) in [4.78, 5) is 8.61. The smallest absolute Gasteiger partial charge is 0.145 e. The molecule has 0 saturated carbocycles. The number of hydrogen-bond donors (Lipinski definition) is 1. The number of rotatable bonds is 3. The van der Waals surface area contributed by atoms with Crippen molar-refractivity contribution in [1.82, 2.24) is 9.97 Å². The van der Waals surface area contributed by atoms with Gasteiger partial charge in [0.25, 0.3) is 0 Å². The maximum Gasteiger partial charge on any atom is 0.145 e. The van der Waals surface area contributed by atoms with E-state index >= 15 is 0 Å². The van der Waals surface area contributed by atoms with Crippen LogP contribution in [0, 0.1) is 9.39 Å². The molecule has 19 heavy (non-hydrogen) atoms. The molecule has 0 atom stereocenters. The van der Waals surface area contributed by atoms with Gasteiger partial charge in [-0.05, 0) is 40.6 Å². The third kappa shape index (κ3) is 3.14. The monoisotopic (exact) mass is 391 g/mol. The molecule has 0 radical (unpaired) electrons. The summed E-state index contributed by atoms with van der Waals surface area (Å²) in [6.07, 6.45) is 1.04. The van der Waals surface area contributed by atoms with Gasteiger partial charge >= 0.3 is 0 Å². The third-order valence-corrected chi connectivity index (χ3v) is 4.17. The lowest BCUT2D eigenvalue weighted by atomic mass is 10.1. The van der Waals surface area contributed by atoms with E-state index in [2.05, 4.69) is 32.6 Å². The second kappa shape index (κ2) is 6.00. The molecule has 2 aromatic rings. The standard InChI is InChI=1S/C13H12ClFIN3/c1-2-9-12(16)13(17)19-10(18-9)6-7-4-3-5-8(14)11(7)15/h3-5H,2,6H2,1H3,(H2,17,18,19). The Morgan fingerprint density at radius 2 is 2.11 bits per heavy atom. The normalized spacial score (nSPS) is 10.7. The fourth-order valence-corrected chi connectivity index (χ4v) is 2.55. The minimum absolute atomic E-state index is 0.103. The highest BCUT2D eigenvalue weighted by atomic mass is 127. The molecule has 0 spiro atoms. The van der Waals surface area contributed by atoms with Gasteiger partial charge in [0, 0.05) is 6.42 Å². The predicted octanol–water partition coefficient (Wildman–Crippen LogP) is 3.61. The molecular weight excluding hydrogens is 380 g/mol. The van der Waals surface area contributed by atoms with Gasteiger partial charge in [0.05, 0.1) is 14.3 Å². The Morgan fingerprint density at radius 3 is 2.79 bits per heavy atom. The number of nitrogens with two attached hydrogens (primary N) is 1. The summed E-state index contributed by atoms with van der Waals surface area (Å²) in [5.74, 6) is 0.517. The lowest BCUT2D eigenvalue weighted by Crippen LogP contribution is -2.08. The first-order valence-corrected chi connectivity index (χ1v) is 7.22. The predicted molar refractivity (Wildman–Crippen MR) is 82.8 cm³/mol. The van der Waals surface area contributed by atoms with E-state index in [4.69, 9.17) is 17.3 Å². The van der Waals surface area contributed by atoms with Crippen LogP contribution in [0.3, 0.4) is 0 Å². The Labute approximate surface area is 129 Å². The molecule has 3 nitrogen and oxygen atoms in total. The molecule has 0 aliphatic rings. The molecule has 0 amide bonds. The van der Waals surface area contributed by atoms with Crippen LogP contribution in [0.4, 0.5) is 10.2 Å². The molecule has 0 unspecified atom stereocenters. The Bertz CT molecular complexity index is 619. The Kier molecular flexibility index (Phi) is 4.57. The maximum absolute atomic E-state index is 13.8. The number of hydrogen-bond acceptors (Lipinski definition) is 3. The molecule has 6 heteroatoms. The van der Waals surface area contributed by atoms with E-state index < -0.39 is 5.82 Å². The van der Waals surface area contributed by atoms with Gasteiger partial charge in [-0.3, -0.25) is 0 Å². The first kappa shape index (κ1) is 14.5. The summed E-state index contributed by atoms with van der Waals surface area (Å²) in [6.45, 7) is 1.99. The van der Waals surface area contributed by atoms with Crippen LogP contribution in [0.5, 0.6) is 0 Å². The summed E-state index contributed by atoms with van der Waals surface area (Å²) in [5.41, 5.74) is 7.19. The first-order valence-electron chi connectivity index (χ1n) is 5.76. The van der Waals surface area contributed by atoms with Crippen LogP contribution in [-0.4, -0.2) is 9.97 Å². The number of anilines is 1. The van der Waals surface area contributed by atoms with Crippen molar-refractivity contribution in [3.8, 4) is 0 Å². The van der Waals surface area contributed by atoms with Crippen LogP contribution in [-0.2, 0) is 12.8 Å². The van der Waals surface area contributed by atoms with E-state index in [1.54, 1.807) is 12.1 Å². The van der Waals surface area contributed by atoms with Crippen molar-refractivity contribution in [3.05, 3.63) is 49.7 Å². The van der Waals surface area contributed by atoms with Crippen LogP contribution in [0.1, 0.15) is 24.0 Å². The van der Waals surface area contributed by atoms with Gasteiger partial charge < -0.3 is 5.73 Å². The number of aromatic nitrogens is 2. The van der Waals surface area contributed by atoms with Crippen molar-refractivity contribution in [2.24, 2.45) is 0 Å². The number of benzene rings is 1. The van der Waals surface area contributed by atoms with Gasteiger partial charge in [-0.25, -0.2) is 14.4 Å². The Morgan fingerprint density at radius 1 is 1.37 bits per heavy atom. The van der Waals surface area contributed by atoms with E-state index in [0.717, 1.165) is 15.7 Å². The lowest BCUT2D eigenvalue weighted by Gasteiger charge is -2.08. The van der Waals surface area contributed by atoms with Crippen molar-refractivity contribution in [3.63, 3.8) is 0 Å². The Hall–Kier alpha value is -0.950. The quantitative estimate of drug-likeness (QED) is 0.813. The first-order chi connectivity index (χ1) is 9.02. The van der Waals surface area contributed by atoms with Gasteiger partial charge in [0.15, 0.2) is 0 Å².